The summed E-state index contributed by atoms with van der Waals surface area (Å²) in [6.07, 6.45) is 4.69. The standard InChI is InChI=1S/C21H23ClFN3O2S/c1-12-19(11-27)29-21(25-12)18(7-8-24-2)26-20(28)15-4-3-13(9-15)14-5-6-16(22)17(23)10-14/h3-6,10,18,24,27H,7-9,11H2,1-2H3,(H,26,28). The number of halogens is 2. The van der Waals surface area contributed by atoms with Gasteiger partial charge in [0.05, 0.1) is 28.2 Å². The zero-order valence-corrected chi connectivity index (χ0v) is 17.8. The minimum absolute atomic E-state index is 0.0632. The SMILES string of the molecule is CNCCC(NC(=O)C1=CC=C(c2ccc(Cl)c(F)c2)C1)c1nc(C)c(CO)s1. The van der Waals surface area contributed by atoms with Crippen molar-refractivity contribution < 1.29 is 14.3 Å². The second-order valence-corrected chi connectivity index (χ2v) is 8.35. The number of rotatable bonds is 8. The Kier molecular flexibility index (Phi) is 7.18. The average Bonchev–Trinajstić information content (AvgIpc) is 3.34. The molecule has 154 valence electrons. The molecule has 0 aliphatic heterocycles. The number of carbonyl (C=O) groups is 1. The molecule has 0 saturated carbocycles. The summed E-state index contributed by atoms with van der Waals surface area (Å²) in [6.45, 7) is 2.50. The molecule has 3 rings (SSSR count). The molecule has 1 atom stereocenters. The van der Waals surface area contributed by atoms with Crippen molar-refractivity contribution >= 4 is 34.4 Å². The van der Waals surface area contributed by atoms with Gasteiger partial charge in [-0.1, -0.05) is 29.8 Å². The fourth-order valence-corrected chi connectivity index (χ4v) is 4.25. The summed E-state index contributed by atoms with van der Waals surface area (Å²) in [5, 5.41) is 16.4. The Morgan fingerprint density at radius 1 is 1.41 bits per heavy atom. The molecule has 0 spiro atoms. The van der Waals surface area contributed by atoms with Gasteiger partial charge in [0.1, 0.15) is 10.8 Å². The molecular formula is C21H23ClFN3O2S. The Bertz CT molecular complexity index is 971. The van der Waals surface area contributed by atoms with E-state index in [4.69, 9.17) is 11.6 Å². The zero-order valence-electron chi connectivity index (χ0n) is 16.3. The molecule has 1 amide bonds. The summed E-state index contributed by atoms with van der Waals surface area (Å²) < 4.78 is 13.7. The summed E-state index contributed by atoms with van der Waals surface area (Å²) in [7, 11) is 1.85. The first kappa shape index (κ1) is 21.6. The minimum atomic E-state index is -0.478. The lowest BCUT2D eigenvalue weighted by atomic mass is 10.0. The van der Waals surface area contributed by atoms with Crippen molar-refractivity contribution in [2.75, 3.05) is 13.6 Å². The molecular weight excluding hydrogens is 413 g/mol. The van der Waals surface area contributed by atoms with Gasteiger partial charge < -0.3 is 15.7 Å². The van der Waals surface area contributed by atoms with Crippen molar-refractivity contribution in [3.63, 3.8) is 0 Å². The molecule has 8 heteroatoms. The van der Waals surface area contributed by atoms with Crippen molar-refractivity contribution in [2.45, 2.75) is 32.4 Å². The molecule has 2 aromatic rings. The van der Waals surface area contributed by atoms with Gasteiger partial charge in [-0.15, -0.1) is 11.3 Å². The van der Waals surface area contributed by atoms with Crippen molar-refractivity contribution in [3.05, 3.63) is 67.9 Å². The molecule has 5 nitrogen and oxygen atoms in total. The van der Waals surface area contributed by atoms with Gasteiger partial charge in [0.25, 0.3) is 0 Å². The minimum Gasteiger partial charge on any atom is -0.391 e. The smallest absolute Gasteiger partial charge is 0.248 e. The number of allylic oxidation sites excluding steroid dienone is 3. The van der Waals surface area contributed by atoms with Crippen LogP contribution < -0.4 is 10.6 Å². The topological polar surface area (TPSA) is 74.2 Å². The summed E-state index contributed by atoms with van der Waals surface area (Å²) in [5.41, 5.74) is 2.97. The van der Waals surface area contributed by atoms with E-state index >= 15 is 0 Å². The van der Waals surface area contributed by atoms with Crippen LogP contribution >= 0.6 is 22.9 Å². The Morgan fingerprint density at radius 3 is 2.86 bits per heavy atom. The predicted molar refractivity (Wildman–Crippen MR) is 114 cm³/mol. The van der Waals surface area contributed by atoms with Crippen LogP contribution in [0.1, 0.15) is 40.0 Å². The van der Waals surface area contributed by atoms with E-state index in [2.05, 4.69) is 15.6 Å². The summed E-state index contributed by atoms with van der Waals surface area (Å²) in [4.78, 5) is 18.2. The number of aliphatic hydroxyl groups is 1. The van der Waals surface area contributed by atoms with Crippen molar-refractivity contribution in [3.8, 4) is 0 Å². The van der Waals surface area contributed by atoms with Gasteiger partial charge in [-0.25, -0.2) is 9.37 Å². The number of hydrogen-bond acceptors (Lipinski definition) is 5. The highest BCUT2D eigenvalue weighted by molar-refractivity contribution is 7.11. The molecule has 1 aromatic heterocycles. The highest BCUT2D eigenvalue weighted by Gasteiger charge is 2.23. The first-order valence-corrected chi connectivity index (χ1v) is 10.5. The van der Waals surface area contributed by atoms with Crippen molar-refractivity contribution in [1.82, 2.24) is 15.6 Å². The Hall–Kier alpha value is -2.06. The average molecular weight is 436 g/mol. The lowest BCUT2D eigenvalue weighted by Gasteiger charge is -2.17. The maximum atomic E-state index is 13.7. The van der Waals surface area contributed by atoms with Crippen LogP contribution in [0, 0.1) is 12.7 Å². The van der Waals surface area contributed by atoms with E-state index in [0.29, 0.717) is 30.5 Å². The second kappa shape index (κ2) is 9.63. The number of aryl methyl sites for hydroxylation is 1. The molecule has 1 unspecified atom stereocenters. The van der Waals surface area contributed by atoms with E-state index in [1.54, 1.807) is 12.1 Å². The van der Waals surface area contributed by atoms with Gasteiger partial charge in [-0.3, -0.25) is 4.79 Å². The summed E-state index contributed by atoms with van der Waals surface area (Å²) >= 11 is 7.16. The molecule has 29 heavy (non-hydrogen) atoms. The number of aliphatic hydroxyl groups excluding tert-OH is 1. The van der Waals surface area contributed by atoms with Crippen LogP contribution in [0.25, 0.3) is 5.57 Å². The van der Waals surface area contributed by atoms with E-state index in [1.807, 2.05) is 20.0 Å². The quantitative estimate of drug-likeness (QED) is 0.587. The van der Waals surface area contributed by atoms with Crippen LogP contribution in [0.5, 0.6) is 0 Å². The van der Waals surface area contributed by atoms with Crippen molar-refractivity contribution in [2.24, 2.45) is 0 Å². The van der Waals surface area contributed by atoms with Crippen LogP contribution in [0.3, 0.4) is 0 Å². The first-order valence-electron chi connectivity index (χ1n) is 9.30. The first-order chi connectivity index (χ1) is 13.9. The van der Waals surface area contributed by atoms with E-state index in [1.165, 1.54) is 23.5 Å². The molecule has 0 radical (unpaired) electrons. The monoisotopic (exact) mass is 435 g/mol. The fraction of sp³-hybridized carbons (Fsp3) is 0.333. The van der Waals surface area contributed by atoms with Gasteiger partial charge in [-0.05, 0) is 50.2 Å². The maximum Gasteiger partial charge on any atom is 0.248 e. The number of thiazole rings is 1. The normalized spacial score (nSPS) is 14.5. The Balaban J connectivity index is 1.69. The molecule has 1 aliphatic rings. The van der Waals surface area contributed by atoms with Gasteiger partial charge in [0.15, 0.2) is 0 Å². The number of carbonyl (C=O) groups excluding carboxylic acids is 1. The van der Waals surface area contributed by atoms with Crippen molar-refractivity contribution in [1.29, 1.82) is 0 Å². The molecule has 3 N–H and O–H groups in total. The lowest BCUT2D eigenvalue weighted by molar-refractivity contribution is -0.118. The van der Waals surface area contributed by atoms with Gasteiger partial charge in [0.2, 0.25) is 5.91 Å². The Morgan fingerprint density at radius 2 is 2.21 bits per heavy atom. The number of nitrogens with zero attached hydrogens (tertiary/aromatic N) is 1. The highest BCUT2D eigenvalue weighted by atomic mass is 35.5. The van der Waals surface area contributed by atoms with Crippen LogP contribution in [0.4, 0.5) is 4.39 Å². The number of amides is 1. The lowest BCUT2D eigenvalue weighted by Crippen LogP contribution is -2.31. The van der Waals surface area contributed by atoms with E-state index in [-0.39, 0.29) is 23.6 Å². The van der Waals surface area contributed by atoms with E-state index < -0.39 is 5.82 Å². The number of hydrogen-bond donors (Lipinski definition) is 3. The number of nitrogens with one attached hydrogen (secondary N) is 2. The van der Waals surface area contributed by atoms with Gasteiger partial charge >= 0.3 is 0 Å². The second-order valence-electron chi connectivity index (χ2n) is 6.83. The predicted octanol–water partition coefficient (Wildman–Crippen LogP) is 3.92. The van der Waals surface area contributed by atoms with Gasteiger partial charge in [-0.2, -0.15) is 0 Å². The van der Waals surface area contributed by atoms with Gasteiger partial charge in [0, 0.05) is 12.0 Å². The third-order valence-electron chi connectivity index (χ3n) is 4.79. The van der Waals surface area contributed by atoms with E-state index in [9.17, 15) is 14.3 Å². The summed E-state index contributed by atoms with van der Waals surface area (Å²) in [5.74, 6) is -0.654. The van der Waals surface area contributed by atoms with E-state index in [0.717, 1.165) is 21.2 Å². The third-order valence-corrected chi connectivity index (χ3v) is 6.35. The molecule has 1 heterocycles. The maximum absolute atomic E-state index is 13.7. The summed E-state index contributed by atoms with van der Waals surface area (Å²) in [6, 6.07) is 4.39. The molecule has 1 aliphatic carbocycles. The van der Waals surface area contributed by atoms with Crippen LogP contribution in [0.2, 0.25) is 5.02 Å². The Labute approximate surface area is 178 Å². The highest BCUT2D eigenvalue weighted by Crippen LogP contribution is 2.31. The van der Waals surface area contributed by atoms with Crippen LogP contribution in [-0.2, 0) is 11.4 Å². The molecule has 0 fully saturated rings. The molecule has 0 saturated heterocycles. The number of aromatic nitrogens is 1. The van der Waals surface area contributed by atoms with Crippen LogP contribution in [0.15, 0.2) is 35.9 Å². The van der Waals surface area contributed by atoms with Crippen LogP contribution in [-0.4, -0.2) is 29.6 Å². The zero-order chi connectivity index (χ0) is 21.0. The molecule has 1 aromatic carbocycles. The third kappa shape index (κ3) is 5.11. The fourth-order valence-electron chi connectivity index (χ4n) is 3.12. The molecule has 0 bridgehead atoms. The number of benzene rings is 1. The largest absolute Gasteiger partial charge is 0.391 e.